The van der Waals surface area contributed by atoms with Gasteiger partial charge in [0.1, 0.15) is 6.10 Å². The predicted molar refractivity (Wildman–Crippen MR) is 139 cm³/mol. The maximum atomic E-state index is 13.0. The van der Waals surface area contributed by atoms with Crippen molar-refractivity contribution in [3.63, 3.8) is 0 Å². The van der Waals surface area contributed by atoms with E-state index >= 15 is 0 Å². The molecule has 2 aromatic rings. The average molecular weight is 518 g/mol. The van der Waals surface area contributed by atoms with E-state index in [1.807, 2.05) is 43.4 Å². The van der Waals surface area contributed by atoms with Crippen LogP contribution in [0.3, 0.4) is 0 Å². The Morgan fingerprint density at radius 1 is 1.08 bits per heavy atom. The van der Waals surface area contributed by atoms with Gasteiger partial charge in [-0.1, -0.05) is 35.9 Å². The monoisotopic (exact) mass is 517 g/mol. The van der Waals surface area contributed by atoms with Crippen molar-refractivity contribution >= 4 is 23.6 Å². The lowest BCUT2D eigenvalue weighted by molar-refractivity contribution is 0.0605. The maximum Gasteiger partial charge on any atom is 0.406 e. The molecule has 0 radical (unpaired) electrons. The highest BCUT2D eigenvalue weighted by atomic mass is 35.5. The molecule has 0 saturated carbocycles. The largest absolute Gasteiger partial charge is 0.453 e. The van der Waals surface area contributed by atoms with E-state index in [0.29, 0.717) is 23.0 Å². The van der Waals surface area contributed by atoms with Crippen molar-refractivity contribution in [1.82, 2.24) is 16.0 Å². The van der Waals surface area contributed by atoms with E-state index in [1.54, 1.807) is 12.1 Å². The number of benzene rings is 2. The molecule has 8 nitrogen and oxygen atoms in total. The van der Waals surface area contributed by atoms with Gasteiger partial charge in [-0.3, -0.25) is 4.79 Å². The summed E-state index contributed by atoms with van der Waals surface area (Å²) in [5.74, 6) is 0.474. The Kier molecular flexibility index (Phi) is 11.5. The molecule has 9 heteroatoms. The molecule has 0 aliphatic carbocycles. The fourth-order valence-electron chi connectivity index (χ4n) is 4.31. The quantitative estimate of drug-likeness (QED) is 0.369. The summed E-state index contributed by atoms with van der Waals surface area (Å²) < 4.78 is 16.2. The highest BCUT2D eigenvalue weighted by molar-refractivity contribution is 6.30. The first-order valence-electron chi connectivity index (χ1n) is 12.3. The normalized spacial score (nSPS) is 15.6. The molecule has 2 aromatic carbocycles. The summed E-state index contributed by atoms with van der Waals surface area (Å²) in [6, 6.07) is 15.0. The summed E-state index contributed by atoms with van der Waals surface area (Å²) in [5, 5.41) is 9.59. The molecule has 0 aromatic heterocycles. The zero-order valence-electron chi connectivity index (χ0n) is 20.9. The molecule has 1 saturated heterocycles. The van der Waals surface area contributed by atoms with E-state index in [9.17, 15) is 9.59 Å². The fourth-order valence-corrected chi connectivity index (χ4v) is 4.50. The number of ether oxygens (including phenoxy) is 3. The number of carbonyl (C=O) groups is 2. The van der Waals surface area contributed by atoms with E-state index in [0.717, 1.165) is 43.6 Å². The van der Waals surface area contributed by atoms with Gasteiger partial charge >= 0.3 is 6.09 Å². The minimum atomic E-state index is -0.520. The van der Waals surface area contributed by atoms with Crippen LogP contribution in [0, 0.1) is 5.92 Å². The van der Waals surface area contributed by atoms with Crippen molar-refractivity contribution in [1.29, 1.82) is 0 Å². The summed E-state index contributed by atoms with van der Waals surface area (Å²) >= 11 is 6.23. The number of alkyl carbamates (subject to hydrolysis) is 1. The Bertz CT molecular complexity index is 983. The second-order valence-corrected chi connectivity index (χ2v) is 9.27. The molecule has 2 unspecified atom stereocenters. The van der Waals surface area contributed by atoms with Gasteiger partial charge in [0.15, 0.2) is 0 Å². The Morgan fingerprint density at radius 3 is 2.50 bits per heavy atom. The van der Waals surface area contributed by atoms with Gasteiger partial charge in [0.2, 0.25) is 0 Å². The number of carbonyl (C=O) groups excluding carboxylic acids is 2. The molecular weight excluding hydrogens is 482 g/mol. The smallest absolute Gasteiger partial charge is 0.406 e. The Hall–Kier alpha value is -2.65. The van der Waals surface area contributed by atoms with Gasteiger partial charge in [-0.2, -0.15) is 0 Å². The van der Waals surface area contributed by atoms with E-state index in [1.165, 1.54) is 7.11 Å². The first kappa shape index (κ1) is 27.9. The number of hydrogen-bond acceptors (Lipinski definition) is 6. The lowest BCUT2D eigenvalue weighted by Crippen LogP contribution is -2.41. The number of rotatable bonds is 12. The summed E-state index contributed by atoms with van der Waals surface area (Å²) in [7, 11) is 3.24. The standard InChI is InChI=1S/C27H36ClN3O5/c1-29-24(15-19-9-12-35-13-10-19)18-31-26(32)22-7-3-5-20(16-22)25(21-6-4-8-23(28)17-21)36-14-11-30-27(33)34-2/h3-8,16-17,19,24-25,29H,9-15,18H2,1-2H3,(H,30,33)(H,31,32). The Morgan fingerprint density at radius 2 is 1.81 bits per heavy atom. The molecule has 0 spiro atoms. The van der Waals surface area contributed by atoms with Crippen LogP contribution in [-0.4, -0.2) is 65.1 Å². The van der Waals surface area contributed by atoms with Crippen LogP contribution in [0.15, 0.2) is 48.5 Å². The van der Waals surface area contributed by atoms with Gasteiger partial charge in [-0.25, -0.2) is 4.79 Å². The van der Waals surface area contributed by atoms with Gasteiger partial charge < -0.3 is 30.2 Å². The minimum absolute atomic E-state index is 0.138. The molecule has 1 aliphatic heterocycles. The van der Waals surface area contributed by atoms with E-state index in [2.05, 4.69) is 20.7 Å². The molecule has 196 valence electrons. The van der Waals surface area contributed by atoms with E-state index in [-0.39, 0.29) is 25.1 Å². The molecule has 3 N–H and O–H groups in total. The summed E-state index contributed by atoms with van der Waals surface area (Å²) in [4.78, 5) is 24.4. The van der Waals surface area contributed by atoms with E-state index < -0.39 is 12.2 Å². The molecular formula is C27H36ClN3O5. The van der Waals surface area contributed by atoms with Crippen LogP contribution in [0.4, 0.5) is 4.79 Å². The SMILES string of the molecule is CNC(CNC(=O)c1cccc(C(OCCNC(=O)OC)c2cccc(Cl)c2)c1)CC1CCOCC1. The number of nitrogens with one attached hydrogen (secondary N) is 3. The van der Waals surface area contributed by atoms with Crippen molar-refractivity contribution in [3.05, 3.63) is 70.2 Å². The zero-order chi connectivity index (χ0) is 25.8. The third-order valence-electron chi connectivity index (χ3n) is 6.32. The second kappa shape index (κ2) is 14.8. The van der Waals surface area contributed by atoms with Crippen LogP contribution in [0.2, 0.25) is 5.02 Å². The predicted octanol–water partition coefficient (Wildman–Crippen LogP) is 3.94. The lowest BCUT2D eigenvalue weighted by Gasteiger charge is -2.26. The summed E-state index contributed by atoms with van der Waals surface area (Å²) in [6.45, 7) is 2.70. The molecule has 0 bridgehead atoms. The Balaban J connectivity index is 1.66. The van der Waals surface area contributed by atoms with E-state index in [4.69, 9.17) is 21.1 Å². The third kappa shape index (κ3) is 8.78. The summed E-state index contributed by atoms with van der Waals surface area (Å²) in [6.07, 6.45) is 2.15. The molecule has 3 rings (SSSR count). The Labute approximate surface area is 218 Å². The molecule has 2 atom stereocenters. The fraction of sp³-hybridized carbons (Fsp3) is 0.481. The van der Waals surface area contributed by atoms with Crippen molar-refractivity contribution in [3.8, 4) is 0 Å². The van der Waals surface area contributed by atoms with Gasteiger partial charge in [0.25, 0.3) is 5.91 Å². The number of halogens is 1. The van der Waals surface area contributed by atoms with Crippen molar-refractivity contribution in [2.24, 2.45) is 5.92 Å². The maximum absolute atomic E-state index is 13.0. The van der Waals surface area contributed by atoms with Gasteiger partial charge in [0, 0.05) is 42.9 Å². The van der Waals surface area contributed by atoms with Crippen LogP contribution in [-0.2, 0) is 14.2 Å². The van der Waals surface area contributed by atoms with Crippen LogP contribution < -0.4 is 16.0 Å². The molecule has 1 aliphatic rings. The van der Waals surface area contributed by atoms with Crippen molar-refractivity contribution in [2.45, 2.75) is 31.4 Å². The van der Waals surface area contributed by atoms with Gasteiger partial charge in [-0.15, -0.1) is 0 Å². The second-order valence-electron chi connectivity index (χ2n) is 8.84. The van der Waals surface area contributed by atoms with Gasteiger partial charge in [-0.05, 0) is 67.6 Å². The first-order valence-corrected chi connectivity index (χ1v) is 12.7. The molecule has 1 fully saturated rings. The average Bonchev–Trinajstić information content (AvgIpc) is 2.91. The number of likely N-dealkylation sites (N-methyl/N-ethyl adjacent to an activating group) is 1. The van der Waals surface area contributed by atoms with Gasteiger partial charge in [0.05, 0.1) is 13.7 Å². The first-order chi connectivity index (χ1) is 17.5. The summed E-state index contributed by atoms with van der Waals surface area (Å²) in [5.41, 5.74) is 2.22. The zero-order valence-corrected chi connectivity index (χ0v) is 21.7. The van der Waals surface area contributed by atoms with Crippen molar-refractivity contribution < 1.29 is 23.8 Å². The minimum Gasteiger partial charge on any atom is -0.453 e. The number of hydrogen-bond donors (Lipinski definition) is 3. The molecule has 2 amide bonds. The van der Waals surface area contributed by atoms with Crippen LogP contribution in [0.1, 0.15) is 46.9 Å². The highest BCUT2D eigenvalue weighted by Gasteiger charge is 2.20. The molecule has 36 heavy (non-hydrogen) atoms. The van der Waals surface area contributed by atoms with Crippen LogP contribution >= 0.6 is 11.6 Å². The topological polar surface area (TPSA) is 97.9 Å². The molecule has 1 heterocycles. The number of amides is 2. The third-order valence-corrected chi connectivity index (χ3v) is 6.56. The van der Waals surface area contributed by atoms with Crippen LogP contribution in [0.25, 0.3) is 0 Å². The van der Waals surface area contributed by atoms with Crippen molar-refractivity contribution in [2.75, 3.05) is 47.1 Å². The lowest BCUT2D eigenvalue weighted by atomic mass is 9.92. The highest BCUT2D eigenvalue weighted by Crippen LogP contribution is 2.28. The number of methoxy groups -OCH3 is 1. The van der Waals surface area contributed by atoms with Crippen LogP contribution in [0.5, 0.6) is 0 Å².